The van der Waals surface area contributed by atoms with E-state index in [1.165, 1.54) is 29.7 Å². The van der Waals surface area contributed by atoms with E-state index in [0.717, 1.165) is 11.3 Å². The molecule has 123 valence electrons. The molecule has 4 heteroatoms. The van der Waals surface area contributed by atoms with Crippen LogP contribution < -0.4 is 4.90 Å². The molecular formula is C20H22N2OY-2. The van der Waals surface area contributed by atoms with Crippen LogP contribution in [0.5, 0.6) is 0 Å². The zero-order chi connectivity index (χ0) is 17.6. The summed E-state index contributed by atoms with van der Waals surface area (Å²) in [6, 6.07) is 5.25. The van der Waals surface area contributed by atoms with Gasteiger partial charge >= 0.3 is 0 Å². The summed E-state index contributed by atoms with van der Waals surface area (Å²) in [7, 11) is 1.92. The van der Waals surface area contributed by atoms with Gasteiger partial charge in [0.15, 0.2) is 5.78 Å². The van der Waals surface area contributed by atoms with E-state index in [4.69, 9.17) is 5.26 Å². The average molecular weight is 395 g/mol. The van der Waals surface area contributed by atoms with Crippen LogP contribution in [0.2, 0.25) is 0 Å². The molecule has 0 unspecified atom stereocenters. The van der Waals surface area contributed by atoms with Crippen LogP contribution in [-0.4, -0.2) is 12.8 Å². The molecule has 0 aliphatic heterocycles. The minimum Gasteiger partial charge on any atom is -0.478 e. The molecule has 24 heavy (non-hydrogen) atoms. The summed E-state index contributed by atoms with van der Waals surface area (Å²) in [6.45, 7) is 9.73. The largest absolute Gasteiger partial charge is 0.478 e. The van der Waals surface area contributed by atoms with Crippen LogP contribution in [0, 0.1) is 51.3 Å². The van der Waals surface area contributed by atoms with Crippen molar-refractivity contribution in [3.63, 3.8) is 0 Å². The van der Waals surface area contributed by atoms with Gasteiger partial charge in [-0.1, -0.05) is 33.8 Å². The van der Waals surface area contributed by atoms with Crippen LogP contribution in [0.4, 0.5) is 5.69 Å². The Hall–Kier alpha value is -1.50. The maximum Gasteiger partial charge on any atom is 0.170 e. The van der Waals surface area contributed by atoms with Gasteiger partial charge in [0.2, 0.25) is 0 Å². The first-order valence-electron chi connectivity index (χ1n) is 7.40. The Morgan fingerprint density at radius 2 is 1.79 bits per heavy atom. The number of carbonyl (C=O) groups is 1. The SMILES string of the molecule is CC(=O)/C(C#N)=C/C=C/C=[C-]N(C)c1[c-]c(C)c(C)c(C)c1C.[Y]. The maximum atomic E-state index is 11.1. The Morgan fingerprint density at radius 3 is 2.33 bits per heavy atom. The second-order valence-electron chi connectivity index (χ2n) is 5.46. The number of carbonyl (C=O) groups excluding carboxylic acids is 1. The van der Waals surface area contributed by atoms with Gasteiger partial charge in [-0.25, -0.2) is 6.07 Å². The fourth-order valence-electron chi connectivity index (χ4n) is 2.10. The van der Waals surface area contributed by atoms with Crippen LogP contribution in [-0.2, 0) is 37.5 Å². The van der Waals surface area contributed by atoms with Crippen molar-refractivity contribution in [2.75, 3.05) is 11.9 Å². The predicted molar refractivity (Wildman–Crippen MR) is 94.0 cm³/mol. The van der Waals surface area contributed by atoms with Crippen molar-refractivity contribution in [2.45, 2.75) is 34.6 Å². The van der Waals surface area contributed by atoms with Gasteiger partial charge in [-0.15, -0.1) is 12.3 Å². The van der Waals surface area contributed by atoms with Crippen molar-refractivity contribution in [1.29, 1.82) is 5.26 Å². The number of hydrogen-bond donors (Lipinski definition) is 0. The van der Waals surface area contributed by atoms with Gasteiger partial charge < -0.3 is 4.90 Å². The minimum absolute atomic E-state index is 0. The number of anilines is 1. The average Bonchev–Trinajstić information content (AvgIpc) is 2.51. The molecule has 3 nitrogen and oxygen atoms in total. The summed E-state index contributed by atoms with van der Waals surface area (Å²) in [5.74, 6) is -0.238. The molecule has 0 heterocycles. The van der Waals surface area contributed by atoms with Crippen LogP contribution in [0.25, 0.3) is 0 Å². The van der Waals surface area contributed by atoms with Crippen molar-refractivity contribution in [3.05, 3.63) is 64.4 Å². The second-order valence-corrected chi connectivity index (χ2v) is 5.46. The molecule has 0 fully saturated rings. The first-order chi connectivity index (χ1) is 10.8. The Bertz CT molecular complexity index is 737. The Morgan fingerprint density at radius 1 is 1.17 bits per heavy atom. The van der Waals surface area contributed by atoms with E-state index in [1.54, 1.807) is 18.2 Å². The number of allylic oxidation sites excluding steroid dienone is 5. The van der Waals surface area contributed by atoms with Gasteiger partial charge in [-0.2, -0.15) is 45.4 Å². The van der Waals surface area contributed by atoms with Crippen molar-refractivity contribution in [1.82, 2.24) is 0 Å². The zero-order valence-electron chi connectivity index (χ0n) is 15.2. The number of aryl methyl sites for hydroxylation is 1. The number of Topliss-reactive ketones (excluding diaryl/α,β-unsaturated/α-hetero) is 1. The monoisotopic (exact) mass is 395 g/mol. The molecule has 0 aliphatic rings. The van der Waals surface area contributed by atoms with Gasteiger partial charge in [0.05, 0.1) is 5.57 Å². The summed E-state index contributed by atoms with van der Waals surface area (Å²) < 4.78 is 0. The van der Waals surface area contributed by atoms with Crippen LogP contribution >= 0.6 is 0 Å². The topological polar surface area (TPSA) is 44.1 Å². The molecule has 0 spiro atoms. The number of rotatable bonds is 5. The fourth-order valence-corrected chi connectivity index (χ4v) is 2.10. The Balaban J connectivity index is 0.00000529. The number of nitrogens with zero attached hydrogens (tertiary/aromatic N) is 2. The molecule has 1 rings (SSSR count). The first kappa shape index (κ1) is 22.5. The molecule has 1 radical (unpaired) electrons. The number of nitriles is 1. The van der Waals surface area contributed by atoms with Gasteiger partial charge in [0.25, 0.3) is 0 Å². The molecule has 0 atom stereocenters. The third-order valence-corrected chi connectivity index (χ3v) is 3.92. The standard InChI is InChI=1S/C20H22N2O.Y/c1-14-12-20(17(4)16(3)15(14)2)22(6)11-9-7-8-10-19(13-21)18(5)23;/h7-10H,1-6H3;/q-2;/b8-7+,19-10+;. The van der Waals surface area contributed by atoms with Crippen molar-refractivity contribution < 1.29 is 37.5 Å². The van der Waals surface area contributed by atoms with Crippen LogP contribution in [0.1, 0.15) is 29.2 Å². The number of hydrogen-bond acceptors (Lipinski definition) is 3. The van der Waals surface area contributed by atoms with E-state index in [2.05, 4.69) is 40.0 Å². The van der Waals surface area contributed by atoms with E-state index in [-0.39, 0.29) is 44.1 Å². The van der Waals surface area contributed by atoms with Crippen molar-refractivity contribution >= 4 is 11.5 Å². The Labute approximate surface area is 170 Å². The van der Waals surface area contributed by atoms with Gasteiger partial charge in [-0.3, -0.25) is 4.79 Å². The van der Waals surface area contributed by atoms with Crippen molar-refractivity contribution in [2.24, 2.45) is 0 Å². The van der Waals surface area contributed by atoms with E-state index in [0.29, 0.717) is 0 Å². The molecule has 0 aliphatic carbocycles. The third kappa shape index (κ3) is 5.85. The molecule has 0 amide bonds. The van der Waals surface area contributed by atoms with Crippen LogP contribution in [0.3, 0.4) is 0 Å². The zero-order valence-corrected chi connectivity index (χ0v) is 18.0. The molecule has 1 aromatic rings. The maximum absolute atomic E-state index is 11.1. The summed E-state index contributed by atoms with van der Waals surface area (Å²) in [5.41, 5.74) is 5.98. The molecule has 0 N–H and O–H groups in total. The quantitative estimate of drug-likeness (QED) is 0.248. The summed E-state index contributed by atoms with van der Waals surface area (Å²) in [6.07, 6.45) is 9.76. The summed E-state index contributed by atoms with van der Waals surface area (Å²) in [4.78, 5) is 13.0. The predicted octanol–water partition coefficient (Wildman–Crippen LogP) is 4.07. The smallest absolute Gasteiger partial charge is 0.170 e. The van der Waals surface area contributed by atoms with Gasteiger partial charge in [-0.05, 0) is 14.0 Å². The van der Waals surface area contributed by atoms with Crippen molar-refractivity contribution in [3.8, 4) is 6.07 Å². The van der Waals surface area contributed by atoms with Gasteiger partial charge in [0.1, 0.15) is 6.07 Å². The minimum atomic E-state index is -0.238. The first-order valence-corrected chi connectivity index (χ1v) is 7.40. The van der Waals surface area contributed by atoms with E-state index < -0.39 is 0 Å². The Kier molecular flexibility index (Phi) is 9.74. The second kappa shape index (κ2) is 10.4. The molecular weight excluding hydrogens is 373 g/mol. The molecule has 1 aromatic carbocycles. The summed E-state index contributed by atoms with van der Waals surface area (Å²) >= 11 is 0. The van der Waals surface area contributed by atoms with E-state index >= 15 is 0 Å². The fraction of sp³-hybridized carbons (Fsp3) is 0.300. The summed E-state index contributed by atoms with van der Waals surface area (Å²) in [5, 5.41) is 8.78. The van der Waals surface area contributed by atoms with Crippen LogP contribution in [0.15, 0.2) is 29.9 Å². The molecule has 0 saturated heterocycles. The van der Waals surface area contributed by atoms with E-state index in [1.807, 2.05) is 18.0 Å². The normalized spacial score (nSPS) is 11.5. The molecule has 0 saturated carbocycles. The molecule has 0 bridgehead atoms. The van der Waals surface area contributed by atoms with E-state index in [9.17, 15) is 4.79 Å². The third-order valence-electron chi connectivity index (χ3n) is 3.92. The number of benzene rings is 1. The number of ketones is 1. The molecule has 0 aromatic heterocycles. The van der Waals surface area contributed by atoms with Gasteiger partial charge in [0, 0.05) is 32.7 Å².